The number of nitrogens with zero attached hydrogens (tertiary/aromatic N) is 2. The van der Waals surface area contributed by atoms with Crippen LogP contribution < -0.4 is 10.6 Å². The van der Waals surface area contributed by atoms with Crippen molar-refractivity contribution in [3.05, 3.63) is 54.0 Å². The Bertz CT molecular complexity index is 831. The highest BCUT2D eigenvalue weighted by Gasteiger charge is 2.17. The van der Waals surface area contributed by atoms with Gasteiger partial charge in [-0.1, -0.05) is 42.2 Å². The highest BCUT2D eigenvalue weighted by molar-refractivity contribution is 8.02. The number of furan rings is 1. The molecule has 0 saturated carbocycles. The third kappa shape index (κ3) is 5.09. The molecule has 0 unspecified atom stereocenters. The van der Waals surface area contributed by atoms with Crippen molar-refractivity contribution in [3.8, 4) is 0 Å². The van der Waals surface area contributed by atoms with Gasteiger partial charge in [-0.2, -0.15) is 0 Å². The molecule has 1 amide bonds. The minimum atomic E-state index is -0.272. The minimum Gasteiger partial charge on any atom is -0.467 e. The van der Waals surface area contributed by atoms with E-state index >= 15 is 0 Å². The maximum absolute atomic E-state index is 12.4. The molecule has 2 heterocycles. The summed E-state index contributed by atoms with van der Waals surface area (Å²) in [4.78, 5) is 12.4. The van der Waals surface area contributed by atoms with Crippen LogP contribution in [0.1, 0.15) is 25.2 Å². The second-order valence-corrected chi connectivity index (χ2v) is 8.17. The molecule has 2 N–H and O–H groups in total. The molecule has 0 aliphatic carbocycles. The quantitative estimate of drug-likeness (QED) is 0.556. The van der Waals surface area contributed by atoms with Gasteiger partial charge in [-0.25, -0.2) is 0 Å². The zero-order chi connectivity index (χ0) is 18.4. The molecule has 0 fully saturated rings. The molecule has 0 spiro atoms. The van der Waals surface area contributed by atoms with Gasteiger partial charge < -0.3 is 15.1 Å². The zero-order valence-electron chi connectivity index (χ0n) is 14.6. The number of rotatable bonds is 8. The predicted octanol–water partition coefficient (Wildman–Crippen LogP) is 4.42. The number of hydrogen-bond donors (Lipinski definition) is 2. The van der Waals surface area contributed by atoms with E-state index in [1.807, 2.05) is 43.3 Å². The van der Waals surface area contributed by atoms with Gasteiger partial charge in [0.15, 0.2) is 4.34 Å². The van der Waals surface area contributed by atoms with Gasteiger partial charge in [0.1, 0.15) is 5.76 Å². The van der Waals surface area contributed by atoms with E-state index in [4.69, 9.17) is 4.42 Å². The zero-order valence-corrected chi connectivity index (χ0v) is 16.2. The molecule has 0 saturated heterocycles. The Morgan fingerprint density at radius 1 is 1.27 bits per heavy atom. The number of thioether (sulfide) groups is 1. The molecular weight excluding hydrogens is 368 g/mol. The van der Waals surface area contributed by atoms with Crippen LogP contribution in [-0.2, 0) is 17.8 Å². The number of benzene rings is 1. The topological polar surface area (TPSA) is 80.0 Å². The smallest absolute Gasteiger partial charge is 0.237 e. The van der Waals surface area contributed by atoms with E-state index in [9.17, 15) is 4.79 Å². The Kier molecular flexibility index (Phi) is 6.30. The van der Waals surface area contributed by atoms with Crippen molar-refractivity contribution in [2.45, 2.75) is 36.4 Å². The number of carbonyl (C=O) groups excluding carboxylic acids is 1. The lowest BCUT2D eigenvalue weighted by Crippen LogP contribution is -2.22. The van der Waals surface area contributed by atoms with Crippen molar-refractivity contribution in [1.82, 2.24) is 10.2 Å². The molecule has 1 aromatic carbocycles. The lowest BCUT2D eigenvalue weighted by atomic mass is 10.1. The third-order valence-corrected chi connectivity index (χ3v) is 5.74. The SMILES string of the molecule is CCc1ccc(NC(=O)[C@H](C)Sc2nnc(NCc3ccco3)s2)cc1. The molecule has 1 atom stereocenters. The van der Waals surface area contributed by atoms with E-state index in [1.165, 1.54) is 28.7 Å². The lowest BCUT2D eigenvalue weighted by Gasteiger charge is -2.10. The summed E-state index contributed by atoms with van der Waals surface area (Å²) in [6.07, 6.45) is 2.61. The van der Waals surface area contributed by atoms with Gasteiger partial charge in [-0.05, 0) is 43.2 Å². The molecule has 3 aromatic rings. The summed E-state index contributed by atoms with van der Waals surface area (Å²) in [5.41, 5.74) is 2.05. The number of anilines is 2. The van der Waals surface area contributed by atoms with Crippen LogP contribution in [0.25, 0.3) is 0 Å². The Labute approximate surface area is 160 Å². The first-order chi connectivity index (χ1) is 12.6. The fourth-order valence-electron chi connectivity index (χ4n) is 2.18. The maximum Gasteiger partial charge on any atom is 0.237 e. The van der Waals surface area contributed by atoms with Gasteiger partial charge in [0.05, 0.1) is 18.1 Å². The first-order valence-corrected chi connectivity index (χ1v) is 10.00. The van der Waals surface area contributed by atoms with Crippen molar-refractivity contribution >= 4 is 39.8 Å². The first kappa shape index (κ1) is 18.5. The van der Waals surface area contributed by atoms with E-state index in [0.717, 1.165) is 22.2 Å². The molecule has 0 bridgehead atoms. The van der Waals surface area contributed by atoms with Gasteiger partial charge in [-0.3, -0.25) is 4.79 Å². The van der Waals surface area contributed by atoms with Crippen molar-refractivity contribution in [1.29, 1.82) is 0 Å². The molecule has 8 heteroatoms. The van der Waals surface area contributed by atoms with Crippen LogP contribution in [0.3, 0.4) is 0 Å². The number of aryl methyl sites for hydroxylation is 1. The Balaban J connectivity index is 1.50. The molecule has 0 aliphatic rings. The maximum atomic E-state index is 12.4. The number of nitrogens with one attached hydrogen (secondary N) is 2. The third-order valence-electron chi connectivity index (χ3n) is 3.68. The van der Waals surface area contributed by atoms with Crippen LogP contribution in [-0.4, -0.2) is 21.4 Å². The highest BCUT2D eigenvalue weighted by Crippen LogP contribution is 2.29. The summed E-state index contributed by atoms with van der Waals surface area (Å²) in [5.74, 6) is 0.774. The summed E-state index contributed by atoms with van der Waals surface area (Å²) in [7, 11) is 0. The highest BCUT2D eigenvalue weighted by atomic mass is 32.2. The Morgan fingerprint density at radius 3 is 2.77 bits per heavy atom. The van der Waals surface area contributed by atoms with E-state index in [1.54, 1.807) is 6.26 Å². The van der Waals surface area contributed by atoms with Crippen LogP contribution in [0.5, 0.6) is 0 Å². The summed E-state index contributed by atoms with van der Waals surface area (Å²) < 4.78 is 6.01. The van der Waals surface area contributed by atoms with E-state index in [2.05, 4.69) is 27.8 Å². The van der Waals surface area contributed by atoms with Gasteiger partial charge >= 0.3 is 0 Å². The molecule has 2 aromatic heterocycles. The van der Waals surface area contributed by atoms with Gasteiger partial charge in [-0.15, -0.1) is 10.2 Å². The molecule has 0 radical (unpaired) electrons. The second-order valence-electron chi connectivity index (χ2n) is 5.61. The normalized spacial score (nSPS) is 11.9. The minimum absolute atomic E-state index is 0.0560. The average Bonchev–Trinajstić information content (AvgIpc) is 3.32. The molecule has 0 aliphatic heterocycles. The van der Waals surface area contributed by atoms with Crippen molar-refractivity contribution in [2.24, 2.45) is 0 Å². The van der Waals surface area contributed by atoms with E-state index in [0.29, 0.717) is 11.7 Å². The fraction of sp³-hybridized carbons (Fsp3) is 0.278. The average molecular weight is 389 g/mol. The lowest BCUT2D eigenvalue weighted by molar-refractivity contribution is -0.115. The van der Waals surface area contributed by atoms with Crippen molar-refractivity contribution in [2.75, 3.05) is 10.6 Å². The monoisotopic (exact) mass is 388 g/mol. The molecule has 3 rings (SSSR count). The standard InChI is InChI=1S/C18H20N4O2S2/c1-3-13-6-8-14(9-7-13)20-16(23)12(2)25-18-22-21-17(26-18)19-11-15-5-4-10-24-15/h4-10,12H,3,11H2,1-2H3,(H,19,21)(H,20,23)/t12-/m0/s1. The van der Waals surface area contributed by atoms with Crippen LogP contribution in [0.15, 0.2) is 51.4 Å². The largest absolute Gasteiger partial charge is 0.467 e. The number of amides is 1. The van der Waals surface area contributed by atoms with Crippen LogP contribution in [0.2, 0.25) is 0 Å². The fourth-order valence-corrected chi connectivity index (χ4v) is 4.07. The summed E-state index contributed by atoms with van der Waals surface area (Å²) in [5, 5.41) is 14.7. The van der Waals surface area contributed by atoms with Gasteiger partial charge in [0.2, 0.25) is 11.0 Å². The molecule has 136 valence electrons. The van der Waals surface area contributed by atoms with Crippen LogP contribution >= 0.6 is 23.1 Å². The van der Waals surface area contributed by atoms with Crippen molar-refractivity contribution < 1.29 is 9.21 Å². The summed E-state index contributed by atoms with van der Waals surface area (Å²) in [6, 6.07) is 11.6. The number of aromatic nitrogens is 2. The van der Waals surface area contributed by atoms with Gasteiger partial charge in [0.25, 0.3) is 0 Å². The van der Waals surface area contributed by atoms with Crippen LogP contribution in [0, 0.1) is 0 Å². The first-order valence-electron chi connectivity index (χ1n) is 8.30. The number of hydrogen-bond acceptors (Lipinski definition) is 7. The van der Waals surface area contributed by atoms with E-state index in [-0.39, 0.29) is 11.2 Å². The molecular formula is C18H20N4O2S2. The Hall–Kier alpha value is -2.32. The number of carbonyl (C=O) groups is 1. The summed E-state index contributed by atoms with van der Waals surface area (Å²) in [6.45, 7) is 4.51. The second kappa shape index (κ2) is 8.86. The van der Waals surface area contributed by atoms with Crippen molar-refractivity contribution in [3.63, 3.8) is 0 Å². The molecule has 26 heavy (non-hydrogen) atoms. The van der Waals surface area contributed by atoms with Crippen LogP contribution in [0.4, 0.5) is 10.8 Å². The summed E-state index contributed by atoms with van der Waals surface area (Å²) >= 11 is 2.81. The Morgan fingerprint density at radius 2 is 2.08 bits per heavy atom. The van der Waals surface area contributed by atoms with E-state index < -0.39 is 0 Å². The molecule has 6 nitrogen and oxygen atoms in total. The van der Waals surface area contributed by atoms with Gasteiger partial charge in [0, 0.05) is 5.69 Å². The predicted molar refractivity (Wildman–Crippen MR) is 106 cm³/mol.